The largest absolute Gasteiger partial charge is 0.494 e. The summed E-state index contributed by atoms with van der Waals surface area (Å²) in [6.45, 7) is 0.735. The lowest BCUT2D eigenvalue weighted by Crippen LogP contribution is -2.26. The Bertz CT molecular complexity index is 1350. The predicted octanol–water partition coefficient (Wildman–Crippen LogP) is 3.33. The number of aromatic amines is 1. The summed E-state index contributed by atoms with van der Waals surface area (Å²) in [5, 5.41) is 13.0. The van der Waals surface area contributed by atoms with Crippen LogP contribution in [0.15, 0.2) is 54.7 Å². The van der Waals surface area contributed by atoms with Crippen molar-refractivity contribution in [2.24, 2.45) is 0 Å². The number of carbonyl (C=O) groups is 2. The van der Waals surface area contributed by atoms with Gasteiger partial charge in [0.1, 0.15) is 17.1 Å². The van der Waals surface area contributed by atoms with Crippen LogP contribution in [-0.2, 0) is 0 Å². The van der Waals surface area contributed by atoms with Crippen molar-refractivity contribution in [2.75, 3.05) is 27.3 Å². The highest BCUT2D eigenvalue weighted by atomic mass is 19.1. The molecule has 0 unspecified atom stereocenters. The molecule has 180 valence electrons. The minimum atomic E-state index is -0.331. The summed E-state index contributed by atoms with van der Waals surface area (Å²) in [6.07, 6.45) is 2.17. The minimum absolute atomic E-state index is 0.207. The van der Waals surface area contributed by atoms with Gasteiger partial charge in [-0.15, -0.1) is 0 Å². The summed E-state index contributed by atoms with van der Waals surface area (Å²) in [4.78, 5) is 29.1. The molecule has 0 fully saturated rings. The van der Waals surface area contributed by atoms with Gasteiger partial charge in [-0.3, -0.25) is 14.7 Å². The molecule has 4 aromatic rings. The van der Waals surface area contributed by atoms with Gasteiger partial charge in [0.25, 0.3) is 11.8 Å². The average Bonchev–Trinajstić information content (AvgIpc) is 3.32. The monoisotopic (exact) mass is 477 g/mol. The molecule has 0 spiro atoms. The molecule has 0 saturated heterocycles. The number of fused-ring (bicyclic) bond motifs is 1. The van der Waals surface area contributed by atoms with Gasteiger partial charge in [0.2, 0.25) is 5.88 Å². The maximum absolute atomic E-state index is 13.0. The van der Waals surface area contributed by atoms with Crippen LogP contribution in [0.4, 0.5) is 4.39 Å². The molecule has 2 amide bonds. The van der Waals surface area contributed by atoms with E-state index in [1.54, 1.807) is 37.5 Å². The van der Waals surface area contributed by atoms with Crippen LogP contribution in [0.1, 0.15) is 27.3 Å². The van der Waals surface area contributed by atoms with E-state index in [1.165, 1.54) is 19.2 Å². The standard InChI is InChI=1S/C25H24FN5O4/c1-27-24(33)22-19-9-4-15(13-21(19)30-31-22)16-12-20(25(34-2)29-14-16)23(32)28-10-3-11-35-18-7-5-17(26)6-8-18/h4-9,12-14H,3,10-11H2,1-2H3,(H,27,33)(H,28,32)(H,30,31). The van der Waals surface area contributed by atoms with Gasteiger partial charge < -0.3 is 20.1 Å². The van der Waals surface area contributed by atoms with E-state index < -0.39 is 0 Å². The Balaban J connectivity index is 1.43. The fourth-order valence-corrected chi connectivity index (χ4v) is 3.52. The highest BCUT2D eigenvalue weighted by Gasteiger charge is 2.17. The molecule has 0 atom stereocenters. The van der Waals surface area contributed by atoms with Crippen molar-refractivity contribution in [3.63, 3.8) is 0 Å². The van der Waals surface area contributed by atoms with E-state index in [2.05, 4.69) is 25.8 Å². The number of nitrogens with one attached hydrogen (secondary N) is 3. The topological polar surface area (TPSA) is 118 Å². The Hall–Kier alpha value is -4.47. The molecule has 3 N–H and O–H groups in total. The van der Waals surface area contributed by atoms with Crippen molar-refractivity contribution < 1.29 is 23.5 Å². The molecule has 2 aromatic carbocycles. The molecule has 2 aromatic heterocycles. The molecular weight excluding hydrogens is 453 g/mol. The maximum atomic E-state index is 13.0. The normalized spacial score (nSPS) is 10.7. The van der Waals surface area contributed by atoms with Crippen LogP contribution < -0.4 is 20.1 Å². The van der Waals surface area contributed by atoms with Gasteiger partial charge >= 0.3 is 0 Å². The number of amides is 2. The molecule has 2 heterocycles. The fraction of sp³-hybridized carbons (Fsp3) is 0.200. The van der Waals surface area contributed by atoms with Crippen molar-refractivity contribution in [2.45, 2.75) is 6.42 Å². The third-order valence-corrected chi connectivity index (χ3v) is 5.32. The zero-order valence-corrected chi connectivity index (χ0v) is 19.2. The maximum Gasteiger partial charge on any atom is 0.272 e. The second-order valence-corrected chi connectivity index (χ2v) is 7.60. The first kappa shape index (κ1) is 23.7. The summed E-state index contributed by atoms with van der Waals surface area (Å²) in [7, 11) is 3.00. The molecule has 0 bridgehead atoms. The predicted molar refractivity (Wildman–Crippen MR) is 128 cm³/mol. The first-order chi connectivity index (χ1) is 17.0. The first-order valence-corrected chi connectivity index (χ1v) is 10.9. The zero-order chi connectivity index (χ0) is 24.8. The molecule has 9 nitrogen and oxygen atoms in total. The highest BCUT2D eigenvalue weighted by molar-refractivity contribution is 6.05. The van der Waals surface area contributed by atoms with Gasteiger partial charge in [-0.2, -0.15) is 5.10 Å². The van der Waals surface area contributed by atoms with Crippen molar-refractivity contribution in [1.82, 2.24) is 25.8 Å². The SMILES string of the molecule is CNC(=O)c1n[nH]c2cc(-c3cnc(OC)c(C(=O)NCCCOc4ccc(F)cc4)c3)ccc12. The molecule has 4 rings (SSSR count). The number of benzene rings is 2. The van der Waals surface area contributed by atoms with Gasteiger partial charge in [-0.05, 0) is 54.4 Å². The Morgan fingerprint density at radius 2 is 1.86 bits per heavy atom. The average molecular weight is 477 g/mol. The first-order valence-electron chi connectivity index (χ1n) is 10.9. The lowest BCUT2D eigenvalue weighted by Gasteiger charge is -2.11. The number of halogens is 1. The number of H-pyrrole nitrogens is 1. The summed E-state index contributed by atoms with van der Waals surface area (Å²) in [5.41, 5.74) is 2.78. The van der Waals surface area contributed by atoms with E-state index in [-0.39, 0.29) is 23.5 Å². The van der Waals surface area contributed by atoms with Crippen LogP contribution >= 0.6 is 0 Å². The summed E-state index contributed by atoms with van der Waals surface area (Å²) < 4.78 is 23.8. The molecule has 0 aliphatic heterocycles. The third kappa shape index (κ3) is 5.37. The number of pyridine rings is 1. The zero-order valence-electron chi connectivity index (χ0n) is 19.2. The van der Waals surface area contributed by atoms with Crippen LogP contribution in [0.25, 0.3) is 22.0 Å². The van der Waals surface area contributed by atoms with Crippen molar-refractivity contribution in [3.05, 3.63) is 71.8 Å². The Morgan fingerprint density at radius 3 is 2.60 bits per heavy atom. The van der Waals surface area contributed by atoms with Crippen molar-refractivity contribution >= 4 is 22.7 Å². The Kier molecular flexibility index (Phi) is 7.20. The summed E-state index contributed by atoms with van der Waals surface area (Å²) in [6, 6.07) is 12.9. The number of ether oxygens (including phenoxy) is 2. The highest BCUT2D eigenvalue weighted by Crippen LogP contribution is 2.28. The molecule has 0 aliphatic rings. The molecule has 35 heavy (non-hydrogen) atoms. The van der Waals surface area contributed by atoms with Gasteiger partial charge in [-0.1, -0.05) is 6.07 Å². The van der Waals surface area contributed by atoms with Crippen molar-refractivity contribution in [1.29, 1.82) is 0 Å². The third-order valence-electron chi connectivity index (χ3n) is 5.32. The molecular formula is C25H24FN5O4. The van der Waals surface area contributed by atoms with Gasteiger partial charge in [0.05, 0.1) is 19.2 Å². The second kappa shape index (κ2) is 10.6. The van der Waals surface area contributed by atoms with E-state index in [1.807, 2.05) is 12.1 Å². The van der Waals surface area contributed by atoms with Crippen molar-refractivity contribution in [3.8, 4) is 22.8 Å². The van der Waals surface area contributed by atoms with Crippen LogP contribution in [-0.4, -0.2) is 54.3 Å². The molecule has 10 heteroatoms. The number of nitrogens with zero attached hydrogens (tertiary/aromatic N) is 2. The van der Waals surface area contributed by atoms with E-state index >= 15 is 0 Å². The number of carbonyl (C=O) groups excluding carboxylic acids is 2. The number of hydrogen-bond acceptors (Lipinski definition) is 6. The summed E-state index contributed by atoms with van der Waals surface area (Å²) in [5.74, 6) is -0.168. The van der Waals surface area contributed by atoms with E-state index in [0.717, 1.165) is 5.56 Å². The quantitative estimate of drug-likeness (QED) is 0.318. The van der Waals surface area contributed by atoms with Crippen LogP contribution in [0.2, 0.25) is 0 Å². The van der Waals surface area contributed by atoms with Gasteiger partial charge in [0, 0.05) is 30.7 Å². The second-order valence-electron chi connectivity index (χ2n) is 7.60. The van der Waals surface area contributed by atoms with Gasteiger partial charge in [-0.25, -0.2) is 9.37 Å². The Labute approximate surface area is 200 Å². The number of hydrogen-bond donors (Lipinski definition) is 3. The van der Waals surface area contributed by atoms with Crippen LogP contribution in [0, 0.1) is 5.82 Å². The van der Waals surface area contributed by atoms with E-state index in [4.69, 9.17) is 9.47 Å². The van der Waals surface area contributed by atoms with E-state index in [0.29, 0.717) is 53.0 Å². The number of aromatic nitrogens is 3. The lowest BCUT2D eigenvalue weighted by atomic mass is 10.0. The smallest absolute Gasteiger partial charge is 0.272 e. The van der Waals surface area contributed by atoms with E-state index in [9.17, 15) is 14.0 Å². The molecule has 0 radical (unpaired) electrons. The van der Waals surface area contributed by atoms with Gasteiger partial charge in [0.15, 0.2) is 5.69 Å². The lowest BCUT2D eigenvalue weighted by molar-refractivity contribution is 0.0943. The number of rotatable bonds is 9. The van der Waals surface area contributed by atoms with Crippen LogP contribution in [0.5, 0.6) is 11.6 Å². The number of methoxy groups -OCH3 is 1. The molecule has 0 aliphatic carbocycles. The minimum Gasteiger partial charge on any atom is -0.494 e. The van der Waals surface area contributed by atoms with Crippen LogP contribution in [0.3, 0.4) is 0 Å². The summed E-state index contributed by atoms with van der Waals surface area (Å²) >= 11 is 0. The Morgan fingerprint density at radius 1 is 1.06 bits per heavy atom. The molecule has 0 saturated carbocycles. The fourth-order valence-electron chi connectivity index (χ4n) is 3.52.